The van der Waals surface area contributed by atoms with Crippen LogP contribution in [0.1, 0.15) is 63.8 Å². The molecule has 1 aliphatic rings. The fourth-order valence-corrected chi connectivity index (χ4v) is 6.09. The van der Waals surface area contributed by atoms with Gasteiger partial charge in [0.25, 0.3) is 5.91 Å². The number of anilines is 1. The van der Waals surface area contributed by atoms with Crippen molar-refractivity contribution in [2.75, 3.05) is 26.0 Å². The molecule has 1 heterocycles. The number of hydrogen-bond donors (Lipinski definition) is 1. The molecule has 1 N–H and O–H groups in total. The molecule has 0 bridgehead atoms. The maximum atomic E-state index is 12.8. The lowest BCUT2D eigenvalue weighted by Crippen LogP contribution is -2.28. The van der Waals surface area contributed by atoms with E-state index in [1.165, 1.54) is 47.0 Å². The van der Waals surface area contributed by atoms with Crippen LogP contribution in [0.2, 0.25) is 0 Å². The maximum absolute atomic E-state index is 12.8. The molecular formula is C22H28N2O5S2. The van der Waals surface area contributed by atoms with E-state index in [1.807, 2.05) is 6.92 Å². The van der Waals surface area contributed by atoms with Gasteiger partial charge in [0.15, 0.2) is 0 Å². The number of benzene rings is 1. The molecule has 0 radical (unpaired) electrons. The number of aryl methyl sites for hydroxylation is 1. The van der Waals surface area contributed by atoms with Gasteiger partial charge in [-0.2, -0.15) is 0 Å². The zero-order valence-electron chi connectivity index (χ0n) is 18.1. The Morgan fingerprint density at radius 1 is 1.16 bits per heavy atom. The molecule has 0 unspecified atom stereocenters. The quantitative estimate of drug-likeness (QED) is 0.594. The van der Waals surface area contributed by atoms with Gasteiger partial charge in [0, 0.05) is 24.0 Å². The van der Waals surface area contributed by atoms with E-state index in [9.17, 15) is 18.0 Å². The number of hydrogen-bond acceptors (Lipinski definition) is 6. The van der Waals surface area contributed by atoms with E-state index < -0.39 is 21.9 Å². The number of fused-ring (bicyclic) bond motifs is 1. The Balaban J connectivity index is 1.81. The summed E-state index contributed by atoms with van der Waals surface area (Å²) in [5, 5.41) is 3.31. The van der Waals surface area contributed by atoms with E-state index >= 15 is 0 Å². The molecule has 168 valence electrons. The van der Waals surface area contributed by atoms with Gasteiger partial charge in [-0.3, -0.25) is 4.79 Å². The molecule has 1 amide bonds. The zero-order valence-corrected chi connectivity index (χ0v) is 19.7. The van der Waals surface area contributed by atoms with Gasteiger partial charge < -0.3 is 10.1 Å². The molecule has 1 aliphatic carbocycles. The van der Waals surface area contributed by atoms with Crippen LogP contribution in [0.4, 0.5) is 5.00 Å². The topological polar surface area (TPSA) is 92.8 Å². The minimum Gasteiger partial charge on any atom is -0.465 e. The SMILES string of the molecule is CCCCN(C)S(=O)(=O)c1ccc(C(=O)Nc2sc3c(c2C(=O)OC)CCCC3)cc1. The number of esters is 1. The summed E-state index contributed by atoms with van der Waals surface area (Å²) in [7, 11) is -0.709. The standard InChI is InChI=1S/C22H28N2O5S2/c1-4-5-14-24(2)31(27,28)16-12-10-15(11-13-16)20(25)23-21-19(22(26)29-3)17-8-6-7-9-18(17)30-21/h10-13H,4-9,14H2,1-3H3,(H,23,25). The monoisotopic (exact) mass is 464 g/mol. The van der Waals surface area contributed by atoms with Crippen molar-refractivity contribution < 1.29 is 22.7 Å². The minimum atomic E-state index is -3.59. The molecule has 0 aliphatic heterocycles. The molecule has 0 fully saturated rings. The Labute approximate surface area is 187 Å². The molecule has 0 saturated carbocycles. The minimum absolute atomic E-state index is 0.143. The van der Waals surface area contributed by atoms with E-state index in [-0.39, 0.29) is 4.90 Å². The number of nitrogens with one attached hydrogen (secondary N) is 1. The molecular weight excluding hydrogens is 436 g/mol. The average Bonchev–Trinajstić information content (AvgIpc) is 3.14. The van der Waals surface area contributed by atoms with E-state index in [1.54, 1.807) is 7.05 Å². The second-order valence-electron chi connectivity index (χ2n) is 7.57. The number of amides is 1. The molecule has 0 saturated heterocycles. The first-order valence-corrected chi connectivity index (χ1v) is 12.7. The summed E-state index contributed by atoms with van der Waals surface area (Å²) >= 11 is 1.41. The number of carbonyl (C=O) groups is 2. The summed E-state index contributed by atoms with van der Waals surface area (Å²) in [5.41, 5.74) is 1.72. The Morgan fingerprint density at radius 3 is 2.48 bits per heavy atom. The predicted molar refractivity (Wildman–Crippen MR) is 121 cm³/mol. The van der Waals surface area contributed by atoms with Crippen molar-refractivity contribution in [3.63, 3.8) is 0 Å². The summed E-state index contributed by atoms with van der Waals surface area (Å²) < 4.78 is 31.6. The lowest BCUT2D eigenvalue weighted by molar-refractivity contribution is 0.0601. The predicted octanol–water partition coefficient (Wildman–Crippen LogP) is 4.09. The van der Waals surface area contributed by atoms with Crippen molar-refractivity contribution in [3.8, 4) is 0 Å². The van der Waals surface area contributed by atoms with Gasteiger partial charge in [0.05, 0.1) is 17.6 Å². The van der Waals surface area contributed by atoms with Crippen LogP contribution in [-0.4, -0.2) is 45.3 Å². The molecule has 0 atom stereocenters. The number of ether oxygens (including phenoxy) is 1. The molecule has 1 aromatic heterocycles. The molecule has 3 rings (SSSR count). The third kappa shape index (κ3) is 4.99. The average molecular weight is 465 g/mol. The van der Waals surface area contributed by atoms with Gasteiger partial charge in [-0.15, -0.1) is 11.3 Å². The van der Waals surface area contributed by atoms with Crippen molar-refractivity contribution in [1.29, 1.82) is 0 Å². The number of thiophene rings is 1. The van der Waals surface area contributed by atoms with Gasteiger partial charge >= 0.3 is 5.97 Å². The third-order valence-electron chi connectivity index (χ3n) is 5.44. The molecule has 0 spiro atoms. The van der Waals surface area contributed by atoms with Crippen LogP contribution >= 0.6 is 11.3 Å². The number of unbranched alkanes of at least 4 members (excludes halogenated alkanes) is 1. The fraction of sp³-hybridized carbons (Fsp3) is 0.455. The second kappa shape index (κ2) is 9.93. The normalized spacial score (nSPS) is 13.7. The number of carbonyl (C=O) groups excluding carboxylic acids is 2. The van der Waals surface area contributed by atoms with Crippen LogP contribution < -0.4 is 5.32 Å². The highest BCUT2D eigenvalue weighted by Gasteiger charge is 2.27. The van der Waals surface area contributed by atoms with Crippen LogP contribution in [0.15, 0.2) is 29.2 Å². The lowest BCUT2D eigenvalue weighted by Gasteiger charge is -2.17. The number of methoxy groups -OCH3 is 1. The van der Waals surface area contributed by atoms with Crippen molar-refractivity contribution in [1.82, 2.24) is 4.31 Å². The van der Waals surface area contributed by atoms with Crippen molar-refractivity contribution in [2.24, 2.45) is 0 Å². The second-order valence-corrected chi connectivity index (χ2v) is 10.7. The summed E-state index contributed by atoms with van der Waals surface area (Å²) in [4.78, 5) is 26.4. The Kier molecular flexibility index (Phi) is 7.51. The van der Waals surface area contributed by atoms with E-state index in [4.69, 9.17) is 4.74 Å². The van der Waals surface area contributed by atoms with Gasteiger partial charge in [0.2, 0.25) is 10.0 Å². The van der Waals surface area contributed by atoms with E-state index in [0.717, 1.165) is 49.0 Å². The highest BCUT2D eigenvalue weighted by molar-refractivity contribution is 7.89. The Morgan fingerprint density at radius 2 is 1.84 bits per heavy atom. The first-order valence-electron chi connectivity index (χ1n) is 10.4. The summed E-state index contributed by atoms with van der Waals surface area (Å²) in [6.45, 7) is 2.45. The lowest BCUT2D eigenvalue weighted by atomic mass is 9.95. The number of sulfonamides is 1. The van der Waals surface area contributed by atoms with Crippen LogP contribution in [0.25, 0.3) is 0 Å². The first kappa shape index (κ1) is 23.4. The highest BCUT2D eigenvalue weighted by atomic mass is 32.2. The van der Waals surface area contributed by atoms with Crippen LogP contribution in [0.3, 0.4) is 0 Å². The van der Waals surface area contributed by atoms with Crippen molar-refractivity contribution in [3.05, 3.63) is 45.8 Å². The fourth-order valence-electron chi connectivity index (χ4n) is 3.61. The molecule has 9 heteroatoms. The zero-order chi connectivity index (χ0) is 22.6. The van der Waals surface area contributed by atoms with E-state index in [2.05, 4.69) is 5.32 Å². The molecule has 2 aromatic rings. The van der Waals surface area contributed by atoms with Gasteiger partial charge in [-0.25, -0.2) is 17.5 Å². The van der Waals surface area contributed by atoms with Crippen LogP contribution in [-0.2, 0) is 27.6 Å². The van der Waals surface area contributed by atoms with Crippen molar-refractivity contribution >= 4 is 38.2 Å². The van der Waals surface area contributed by atoms with Gasteiger partial charge in [-0.1, -0.05) is 13.3 Å². The van der Waals surface area contributed by atoms with Gasteiger partial charge in [0.1, 0.15) is 5.00 Å². The van der Waals surface area contributed by atoms with Crippen molar-refractivity contribution in [2.45, 2.75) is 50.3 Å². The maximum Gasteiger partial charge on any atom is 0.341 e. The summed E-state index contributed by atoms with van der Waals surface area (Å²) in [6.07, 6.45) is 5.43. The van der Waals surface area contributed by atoms with Crippen LogP contribution in [0.5, 0.6) is 0 Å². The summed E-state index contributed by atoms with van der Waals surface area (Å²) in [6, 6.07) is 5.85. The largest absolute Gasteiger partial charge is 0.465 e. The molecule has 31 heavy (non-hydrogen) atoms. The smallest absolute Gasteiger partial charge is 0.341 e. The Bertz CT molecular complexity index is 1060. The number of nitrogens with zero attached hydrogens (tertiary/aromatic N) is 1. The first-order chi connectivity index (χ1) is 14.8. The third-order valence-corrected chi connectivity index (χ3v) is 8.52. The summed E-state index contributed by atoms with van der Waals surface area (Å²) in [5.74, 6) is -0.849. The number of rotatable bonds is 8. The molecule has 7 nitrogen and oxygen atoms in total. The Hall–Kier alpha value is -2.23. The van der Waals surface area contributed by atoms with Crippen LogP contribution in [0, 0.1) is 0 Å². The van der Waals surface area contributed by atoms with E-state index in [0.29, 0.717) is 22.7 Å². The van der Waals surface area contributed by atoms with Gasteiger partial charge in [-0.05, 0) is 61.9 Å². The molecule has 1 aromatic carbocycles. The highest BCUT2D eigenvalue weighted by Crippen LogP contribution is 2.38.